The van der Waals surface area contributed by atoms with E-state index < -0.39 is 0 Å². The van der Waals surface area contributed by atoms with Crippen LogP contribution in [0.3, 0.4) is 0 Å². The zero-order valence-corrected chi connectivity index (χ0v) is 44.4. The van der Waals surface area contributed by atoms with Crippen LogP contribution in [0.2, 0.25) is 0 Å². The molecule has 0 saturated carbocycles. The van der Waals surface area contributed by atoms with E-state index in [1.54, 1.807) is 0 Å². The summed E-state index contributed by atoms with van der Waals surface area (Å²) in [7, 11) is 0. The van der Waals surface area contributed by atoms with Crippen molar-refractivity contribution in [2.24, 2.45) is 0 Å². The first-order chi connectivity index (χ1) is 40.1. The van der Waals surface area contributed by atoms with Gasteiger partial charge in [-0.1, -0.05) is 194 Å². The fourth-order valence-corrected chi connectivity index (χ4v) is 12.1. The van der Waals surface area contributed by atoms with Gasteiger partial charge in [0.15, 0.2) is 0 Å². The maximum Gasteiger partial charge on any atom is 0.143 e. The first kappa shape index (κ1) is 47.6. The van der Waals surface area contributed by atoms with Gasteiger partial charge in [-0.3, -0.25) is 0 Å². The summed E-state index contributed by atoms with van der Waals surface area (Å²) in [4.78, 5) is 7.30. The summed E-state index contributed by atoms with van der Waals surface area (Å²) < 4.78 is 12.9. The van der Waals surface area contributed by atoms with Crippen molar-refractivity contribution in [1.82, 2.24) is 0 Å². The van der Waals surface area contributed by atoms with E-state index in [1.165, 1.54) is 27.8 Å². The summed E-state index contributed by atoms with van der Waals surface area (Å²) in [6.07, 6.45) is 6.31. The molecule has 1 aliphatic rings. The van der Waals surface area contributed by atoms with Crippen molar-refractivity contribution in [3.05, 3.63) is 309 Å². The van der Waals surface area contributed by atoms with E-state index in [-0.39, 0.29) is 0 Å². The molecule has 0 amide bonds. The third-order valence-corrected chi connectivity index (χ3v) is 15.9. The Kier molecular flexibility index (Phi) is 11.9. The van der Waals surface area contributed by atoms with Crippen LogP contribution in [0.25, 0.3) is 82.5 Å². The number of hydrogen-bond donors (Lipinski definition) is 0. The van der Waals surface area contributed by atoms with Gasteiger partial charge < -0.3 is 23.5 Å². The minimum Gasteiger partial charge on any atom is -0.456 e. The summed E-state index contributed by atoms with van der Waals surface area (Å²) in [5.41, 5.74) is 20.1. The van der Waals surface area contributed by atoms with Crippen molar-refractivity contribution < 1.29 is 8.83 Å². The molecule has 81 heavy (non-hydrogen) atoms. The number of nitrogens with zero attached hydrogens (tertiary/aromatic N) is 3. The van der Waals surface area contributed by atoms with Crippen molar-refractivity contribution in [2.45, 2.75) is 12.8 Å². The lowest BCUT2D eigenvalue weighted by atomic mass is 9.93. The molecular formula is C76H53N3O2. The van der Waals surface area contributed by atoms with Gasteiger partial charge in [0.2, 0.25) is 0 Å². The Balaban J connectivity index is 0.951. The number of para-hydroxylation sites is 5. The Morgan fingerprint density at radius 3 is 1.46 bits per heavy atom. The lowest BCUT2D eigenvalue weighted by molar-refractivity contribution is 0.669. The van der Waals surface area contributed by atoms with Gasteiger partial charge in [-0.05, 0) is 149 Å². The van der Waals surface area contributed by atoms with Crippen LogP contribution >= 0.6 is 0 Å². The number of anilines is 8. The molecule has 384 valence electrons. The lowest BCUT2D eigenvalue weighted by Crippen LogP contribution is -2.20. The van der Waals surface area contributed by atoms with Gasteiger partial charge in [0, 0.05) is 66.6 Å². The van der Waals surface area contributed by atoms with Crippen molar-refractivity contribution >= 4 is 106 Å². The average Bonchev–Trinajstić information content (AvgIpc) is 4.26. The number of hydrogen-bond acceptors (Lipinski definition) is 5. The molecule has 0 atom stereocenters. The predicted octanol–water partition coefficient (Wildman–Crippen LogP) is 21.8. The molecule has 0 fully saturated rings. The van der Waals surface area contributed by atoms with Crippen molar-refractivity contribution in [3.8, 4) is 22.3 Å². The highest BCUT2D eigenvalue weighted by Crippen LogP contribution is 2.48. The monoisotopic (exact) mass is 1040 g/mol. The third-order valence-electron chi connectivity index (χ3n) is 15.9. The SMILES string of the molecule is C1=C(c2ccc3oc4ccccc4c3c2)CCC(N(c2ccc(-c3cccc4c3oc3ccccc34)cc2)c2cc(N(c3ccccc3)c3ccccc3)cc(N(c3ccc(-c4ccccc4)cc3)c3cccc4ccccc34)c2)=C1. The van der Waals surface area contributed by atoms with Gasteiger partial charge in [0.1, 0.15) is 22.3 Å². The minimum atomic E-state index is 0.796. The second-order valence-corrected chi connectivity index (χ2v) is 20.8. The van der Waals surface area contributed by atoms with E-state index in [2.05, 4.69) is 294 Å². The Labute approximate surface area is 470 Å². The van der Waals surface area contributed by atoms with Crippen LogP contribution in [0.5, 0.6) is 0 Å². The molecule has 0 bridgehead atoms. The highest BCUT2D eigenvalue weighted by Gasteiger charge is 2.26. The average molecular weight is 1040 g/mol. The largest absolute Gasteiger partial charge is 0.456 e. The molecule has 2 heterocycles. The first-order valence-corrected chi connectivity index (χ1v) is 27.8. The molecule has 5 heteroatoms. The number of furan rings is 2. The Hall–Kier alpha value is -10.6. The predicted molar refractivity (Wildman–Crippen MR) is 339 cm³/mol. The van der Waals surface area contributed by atoms with Crippen molar-refractivity contribution in [2.75, 3.05) is 14.7 Å². The van der Waals surface area contributed by atoms with Gasteiger partial charge in [-0.15, -0.1) is 0 Å². The maximum absolute atomic E-state index is 6.60. The summed E-state index contributed by atoms with van der Waals surface area (Å²) in [6, 6.07) is 102. The molecule has 14 aromatic rings. The number of benzene rings is 12. The molecule has 12 aromatic carbocycles. The number of allylic oxidation sites excluding steroid dienone is 4. The van der Waals surface area contributed by atoms with Crippen LogP contribution < -0.4 is 14.7 Å². The second-order valence-electron chi connectivity index (χ2n) is 20.8. The molecule has 0 N–H and O–H groups in total. The van der Waals surface area contributed by atoms with E-state index in [0.717, 1.165) is 124 Å². The summed E-state index contributed by atoms with van der Waals surface area (Å²) in [6.45, 7) is 0. The molecule has 2 aromatic heterocycles. The van der Waals surface area contributed by atoms with E-state index in [1.807, 2.05) is 18.2 Å². The summed E-state index contributed by atoms with van der Waals surface area (Å²) in [5.74, 6) is 0. The van der Waals surface area contributed by atoms with Gasteiger partial charge in [0.05, 0.1) is 17.1 Å². The van der Waals surface area contributed by atoms with E-state index in [4.69, 9.17) is 8.83 Å². The minimum absolute atomic E-state index is 0.796. The lowest BCUT2D eigenvalue weighted by Gasteiger charge is -2.34. The highest BCUT2D eigenvalue weighted by atomic mass is 16.3. The Bertz CT molecular complexity index is 4650. The van der Waals surface area contributed by atoms with Crippen molar-refractivity contribution in [3.63, 3.8) is 0 Å². The molecule has 5 nitrogen and oxygen atoms in total. The molecule has 0 spiro atoms. The van der Waals surface area contributed by atoms with Crippen LogP contribution in [-0.4, -0.2) is 0 Å². The van der Waals surface area contributed by atoms with Gasteiger partial charge in [-0.25, -0.2) is 0 Å². The normalized spacial score (nSPS) is 12.5. The summed E-state index contributed by atoms with van der Waals surface area (Å²) >= 11 is 0. The topological polar surface area (TPSA) is 36.0 Å². The van der Waals surface area contributed by atoms with Crippen molar-refractivity contribution in [1.29, 1.82) is 0 Å². The van der Waals surface area contributed by atoms with E-state index in [9.17, 15) is 0 Å². The highest BCUT2D eigenvalue weighted by molar-refractivity contribution is 6.10. The zero-order valence-electron chi connectivity index (χ0n) is 44.4. The molecule has 0 radical (unpaired) electrons. The smallest absolute Gasteiger partial charge is 0.143 e. The third kappa shape index (κ3) is 8.78. The second kappa shape index (κ2) is 20.3. The first-order valence-electron chi connectivity index (χ1n) is 27.8. The van der Waals surface area contributed by atoms with Gasteiger partial charge in [0.25, 0.3) is 0 Å². The molecule has 0 saturated heterocycles. The van der Waals surface area contributed by atoms with E-state index >= 15 is 0 Å². The quantitative estimate of drug-likeness (QED) is 0.122. The fourth-order valence-electron chi connectivity index (χ4n) is 12.1. The van der Waals surface area contributed by atoms with E-state index in [0.29, 0.717) is 0 Å². The molecule has 15 rings (SSSR count). The molecule has 1 aliphatic carbocycles. The number of rotatable bonds is 12. The molecule has 0 aliphatic heterocycles. The fraction of sp³-hybridized carbons (Fsp3) is 0.0263. The van der Waals surface area contributed by atoms with Crippen LogP contribution in [0.1, 0.15) is 18.4 Å². The summed E-state index contributed by atoms with van der Waals surface area (Å²) in [5, 5.41) is 6.82. The van der Waals surface area contributed by atoms with Gasteiger partial charge in [-0.2, -0.15) is 0 Å². The Morgan fingerprint density at radius 1 is 0.272 bits per heavy atom. The number of fused-ring (bicyclic) bond motifs is 7. The van der Waals surface area contributed by atoms with Crippen LogP contribution in [0, 0.1) is 0 Å². The van der Waals surface area contributed by atoms with Crippen LogP contribution in [0.15, 0.2) is 312 Å². The van der Waals surface area contributed by atoms with Gasteiger partial charge >= 0.3 is 0 Å². The molecular weight excluding hydrogens is 987 g/mol. The zero-order chi connectivity index (χ0) is 53.6. The Morgan fingerprint density at radius 2 is 0.765 bits per heavy atom. The maximum atomic E-state index is 6.60. The van der Waals surface area contributed by atoms with Crippen LogP contribution in [0.4, 0.5) is 45.5 Å². The van der Waals surface area contributed by atoms with Crippen LogP contribution in [-0.2, 0) is 0 Å². The standard InChI is InChI=1S/C76H53N3O2/c1-4-18-52(19-5-1)53-34-43-62(44-35-53)79(72-31-16-21-55-20-10-11-26-66(55)72)65-50-63(77(58-22-6-2-7-23-58)59-24-8-3-9-25-59)49-64(51-65)78(60-41-36-54(37-42-60)57-40-47-75-71(48-57)69-28-13-14-32-73(69)80-75)61-45-38-56(39-46-61)67-29-17-30-70-68-27-12-15-33-74(68)81-76(67)70/h1-36,38-41,43-51H,37,42H2. The molecule has 0 unspecified atom stereocenters.